The van der Waals surface area contributed by atoms with Crippen LogP contribution in [0.1, 0.15) is 103 Å². The van der Waals surface area contributed by atoms with Gasteiger partial charge < -0.3 is 50.3 Å². The molecule has 19 nitrogen and oxygen atoms in total. The van der Waals surface area contributed by atoms with Crippen LogP contribution >= 0.6 is 0 Å². The first-order valence-corrected chi connectivity index (χ1v) is 18.7. The van der Waals surface area contributed by atoms with Crippen LogP contribution in [0.4, 0.5) is 0 Å². The van der Waals surface area contributed by atoms with Crippen LogP contribution in [-0.2, 0) is 38.3 Å². The first-order valence-electron chi connectivity index (χ1n) is 18.7. The lowest BCUT2D eigenvalue weighted by atomic mass is 9.90. The molecule has 4 amide bonds. The Hall–Kier alpha value is -6.24. The van der Waals surface area contributed by atoms with Gasteiger partial charge in [-0.25, -0.2) is 14.4 Å². The molecule has 0 aliphatic carbocycles. The number of benzene rings is 2. The second-order valence-corrected chi connectivity index (χ2v) is 13.4. The molecule has 3 rings (SSSR count). The Balaban J connectivity index is 1.68. The Kier molecular flexibility index (Phi) is 17.9. The van der Waals surface area contributed by atoms with Gasteiger partial charge in [0.15, 0.2) is 6.61 Å². The average molecular weight is 815 g/mol. The van der Waals surface area contributed by atoms with Crippen LogP contribution in [-0.4, -0.2) is 107 Å². The molecular formula is C39H50N4O15. The lowest BCUT2D eigenvalue weighted by Crippen LogP contribution is -2.49. The lowest BCUT2D eigenvalue weighted by molar-refractivity contribution is -0.171. The quantitative estimate of drug-likeness (QED) is 0.0385. The number of aryl methyl sites for hydroxylation is 1. The first-order chi connectivity index (χ1) is 27.6. The van der Waals surface area contributed by atoms with E-state index in [2.05, 4.69) is 16.0 Å². The number of hydrogen-bond acceptors (Lipinski definition) is 12. The second kappa shape index (κ2) is 22.5. The van der Waals surface area contributed by atoms with Crippen molar-refractivity contribution in [3.63, 3.8) is 0 Å². The molecule has 1 fully saturated rings. The number of carboxylic acid groups (broad SMARTS) is 3. The van der Waals surface area contributed by atoms with Crippen molar-refractivity contribution in [2.75, 3.05) is 20.4 Å². The minimum atomic E-state index is -1.77. The molecule has 1 aliphatic heterocycles. The van der Waals surface area contributed by atoms with Crippen LogP contribution in [0, 0.1) is 12.8 Å². The van der Waals surface area contributed by atoms with E-state index >= 15 is 0 Å². The highest BCUT2D eigenvalue weighted by molar-refractivity contribution is 5.99. The van der Waals surface area contributed by atoms with Crippen molar-refractivity contribution in [2.45, 2.75) is 96.4 Å². The number of carbonyl (C=O) groups is 8. The van der Waals surface area contributed by atoms with Gasteiger partial charge >= 0.3 is 23.9 Å². The number of nitrogens with one attached hydrogen (secondary N) is 3. The molecule has 58 heavy (non-hydrogen) atoms. The van der Waals surface area contributed by atoms with Gasteiger partial charge in [0.25, 0.3) is 11.8 Å². The molecule has 0 radical (unpaired) electrons. The van der Waals surface area contributed by atoms with E-state index in [4.69, 9.17) is 29.3 Å². The molecule has 1 saturated heterocycles. The van der Waals surface area contributed by atoms with Gasteiger partial charge in [0.2, 0.25) is 12.3 Å². The van der Waals surface area contributed by atoms with Crippen LogP contribution in [0.3, 0.4) is 0 Å². The van der Waals surface area contributed by atoms with Crippen LogP contribution in [0.5, 0.6) is 11.5 Å². The van der Waals surface area contributed by atoms with Gasteiger partial charge in [-0.05, 0) is 61.9 Å². The predicted molar refractivity (Wildman–Crippen MR) is 201 cm³/mol. The Morgan fingerprint density at radius 3 is 2.33 bits per heavy atom. The summed E-state index contributed by atoms with van der Waals surface area (Å²) in [6.45, 7) is 4.29. The molecule has 5 unspecified atom stereocenters. The van der Waals surface area contributed by atoms with Gasteiger partial charge in [0, 0.05) is 0 Å². The van der Waals surface area contributed by atoms with E-state index in [1.807, 2.05) is 6.92 Å². The third-order valence-corrected chi connectivity index (χ3v) is 9.41. The number of aliphatic carboxylic acids is 3. The third kappa shape index (κ3) is 12.9. The standard InChI is InChI=1S/C39H50N4O15/c1-5-7-8-11-24(27(6-2)43(21-44)58-39(54)34-22(3)10-9-12-29(34)55-4)35(49)40-20-41-37(51)30-16-15-28(57-30)23-13-14-25(31(17-23)56-19-33(47)48)36(50)42-26(38(52)53)18-32(45)46/h9-10,12-14,17,21,24,26-28,30H,5-8,11,15-16,18-20H2,1-4H3,(H,40,49)(H,41,51)(H,42,50)(H,45,46)(H,47,48)(H,52,53). The molecule has 0 saturated carbocycles. The van der Waals surface area contributed by atoms with Gasteiger partial charge in [-0.2, -0.15) is 5.06 Å². The Labute approximate surface area is 334 Å². The molecule has 1 heterocycles. The summed E-state index contributed by atoms with van der Waals surface area (Å²) in [4.78, 5) is 105. The van der Waals surface area contributed by atoms with E-state index < -0.39 is 84.8 Å². The number of unbranched alkanes of at least 4 members (excludes halogenated alkanes) is 2. The maximum Gasteiger partial charge on any atom is 0.367 e. The van der Waals surface area contributed by atoms with Gasteiger partial charge in [-0.15, -0.1) is 0 Å². The topological polar surface area (TPSA) is 274 Å². The van der Waals surface area contributed by atoms with Crippen molar-refractivity contribution >= 4 is 48.0 Å². The Morgan fingerprint density at radius 1 is 0.966 bits per heavy atom. The maximum absolute atomic E-state index is 13.6. The van der Waals surface area contributed by atoms with Crippen molar-refractivity contribution < 1.29 is 72.7 Å². The van der Waals surface area contributed by atoms with Gasteiger partial charge in [0.1, 0.15) is 29.2 Å². The highest BCUT2D eigenvalue weighted by Gasteiger charge is 2.36. The molecule has 0 spiro atoms. The molecular weight excluding hydrogens is 764 g/mol. The van der Waals surface area contributed by atoms with Crippen LogP contribution in [0.15, 0.2) is 36.4 Å². The molecule has 5 atom stereocenters. The maximum atomic E-state index is 13.6. The molecule has 6 N–H and O–H groups in total. The summed E-state index contributed by atoms with van der Waals surface area (Å²) >= 11 is 0. The van der Waals surface area contributed by atoms with Crippen molar-refractivity contribution in [1.82, 2.24) is 21.0 Å². The molecule has 0 bridgehead atoms. The fourth-order valence-corrected chi connectivity index (χ4v) is 6.47. The molecule has 316 valence electrons. The van der Waals surface area contributed by atoms with Crippen molar-refractivity contribution in [1.29, 1.82) is 0 Å². The molecule has 2 aromatic rings. The first kappa shape index (κ1) is 46.1. The van der Waals surface area contributed by atoms with Crippen LogP contribution in [0.2, 0.25) is 0 Å². The zero-order chi connectivity index (χ0) is 42.9. The second-order valence-electron chi connectivity index (χ2n) is 13.4. The minimum Gasteiger partial charge on any atom is -0.496 e. The van der Waals surface area contributed by atoms with Crippen molar-refractivity contribution in [3.05, 3.63) is 58.7 Å². The smallest absolute Gasteiger partial charge is 0.367 e. The molecule has 0 aromatic heterocycles. The van der Waals surface area contributed by atoms with E-state index in [0.717, 1.165) is 17.9 Å². The lowest BCUT2D eigenvalue weighted by Gasteiger charge is -2.32. The largest absolute Gasteiger partial charge is 0.496 e. The summed E-state index contributed by atoms with van der Waals surface area (Å²) in [7, 11) is 1.40. The monoisotopic (exact) mass is 814 g/mol. The average Bonchev–Trinajstić information content (AvgIpc) is 3.69. The Bertz CT molecular complexity index is 1820. The number of rotatable bonds is 24. The van der Waals surface area contributed by atoms with E-state index in [-0.39, 0.29) is 42.1 Å². The fourth-order valence-electron chi connectivity index (χ4n) is 6.47. The van der Waals surface area contributed by atoms with Crippen LogP contribution in [0.25, 0.3) is 0 Å². The van der Waals surface area contributed by atoms with Gasteiger partial charge in [-0.3, -0.25) is 24.0 Å². The summed E-state index contributed by atoms with van der Waals surface area (Å²) < 4.78 is 16.6. The zero-order valence-electron chi connectivity index (χ0n) is 32.7. The van der Waals surface area contributed by atoms with E-state index in [1.54, 1.807) is 32.0 Å². The number of hydroxylamine groups is 2. The number of hydrogen-bond donors (Lipinski definition) is 6. The minimum absolute atomic E-state index is 0.134. The van der Waals surface area contributed by atoms with Gasteiger partial charge in [-0.1, -0.05) is 51.3 Å². The van der Waals surface area contributed by atoms with E-state index in [1.165, 1.54) is 25.3 Å². The number of carbonyl (C=O) groups excluding carboxylic acids is 5. The normalized spacial score (nSPS) is 16.1. The SMILES string of the molecule is CCCCCC(C(=O)NCNC(=O)C1CCC(c2ccc(C(=O)NC(CC(=O)O)C(=O)O)c(OCC(=O)O)c2)O1)C(CC)N(C=O)OC(=O)c1c(C)cccc1OC. The fraction of sp³-hybridized carbons (Fsp3) is 0.487. The summed E-state index contributed by atoms with van der Waals surface area (Å²) in [6, 6.07) is 6.37. The molecule has 1 aliphatic rings. The number of amides is 4. The van der Waals surface area contributed by atoms with Crippen LogP contribution < -0.4 is 25.4 Å². The highest BCUT2D eigenvalue weighted by atomic mass is 16.7. The third-order valence-electron chi connectivity index (χ3n) is 9.41. The van der Waals surface area contributed by atoms with Crippen molar-refractivity contribution in [3.8, 4) is 11.5 Å². The number of methoxy groups -OCH3 is 1. The zero-order valence-corrected chi connectivity index (χ0v) is 32.7. The summed E-state index contributed by atoms with van der Waals surface area (Å²) in [5.74, 6) is -8.12. The predicted octanol–water partition coefficient (Wildman–Crippen LogP) is 2.74. The summed E-state index contributed by atoms with van der Waals surface area (Å²) in [5.41, 5.74) is 0.843. The number of carboxylic acids is 3. The van der Waals surface area contributed by atoms with Crippen molar-refractivity contribution in [2.24, 2.45) is 5.92 Å². The van der Waals surface area contributed by atoms with E-state index in [9.17, 15) is 43.5 Å². The van der Waals surface area contributed by atoms with Gasteiger partial charge in [0.05, 0.1) is 43.8 Å². The number of ether oxygens (including phenoxy) is 3. The molecule has 19 heteroatoms. The highest BCUT2D eigenvalue weighted by Crippen LogP contribution is 2.35. The summed E-state index contributed by atoms with van der Waals surface area (Å²) in [5, 5.41) is 35.7. The summed E-state index contributed by atoms with van der Waals surface area (Å²) in [6.07, 6.45) is 1.26. The number of nitrogens with zero attached hydrogens (tertiary/aromatic N) is 1. The Morgan fingerprint density at radius 2 is 1.71 bits per heavy atom. The van der Waals surface area contributed by atoms with E-state index in [0.29, 0.717) is 36.8 Å². The molecule has 2 aromatic carbocycles.